The van der Waals surface area contributed by atoms with Gasteiger partial charge < -0.3 is 9.64 Å². The topological polar surface area (TPSA) is 66.9 Å². The van der Waals surface area contributed by atoms with Crippen molar-refractivity contribution in [3.63, 3.8) is 0 Å². The van der Waals surface area contributed by atoms with E-state index in [2.05, 4.69) is 0 Å². The molecule has 29 heavy (non-hydrogen) atoms. The van der Waals surface area contributed by atoms with E-state index in [1.165, 1.54) is 10.4 Å². The number of benzene rings is 2. The van der Waals surface area contributed by atoms with E-state index in [1.807, 2.05) is 38.1 Å². The summed E-state index contributed by atoms with van der Waals surface area (Å²) in [6.07, 6.45) is 1.56. The van der Waals surface area contributed by atoms with Gasteiger partial charge in [-0.25, -0.2) is 8.42 Å². The fourth-order valence-electron chi connectivity index (χ4n) is 4.19. The first-order valence-electron chi connectivity index (χ1n) is 10.0. The van der Waals surface area contributed by atoms with E-state index in [4.69, 9.17) is 4.74 Å². The van der Waals surface area contributed by atoms with Gasteiger partial charge in [0.1, 0.15) is 0 Å². The fraction of sp³-hybridized carbons (Fsp3) is 0.409. The van der Waals surface area contributed by atoms with Gasteiger partial charge in [0.2, 0.25) is 0 Å². The van der Waals surface area contributed by atoms with Gasteiger partial charge in [-0.3, -0.25) is 9.10 Å². The molecule has 2 aromatic carbocycles. The van der Waals surface area contributed by atoms with Crippen LogP contribution in [0.5, 0.6) is 0 Å². The number of hydrogen-bond donors (Lipinski definition) is 0. The van der Waals surface area contributed by atoms with Crippen LogP contribution < -0.4 is 4.31 Å². The standard InChI is InChI=1S/C22H26N2O4S/c1-16-14-23(15-17(2)28-16)22(25)19-8-5-10-20(13-19)29(26,27)24-12-6-9-18-7-3-4-11-21(18)24/h3-5,7-8,10-11,13,16-17H,6,9,12,14-15H2,1-2H3. The van der Waals surface area contributed by atoms with Gasteiger partial charge in [0, 0.05) is 25.2 Å². The molecule has 0 aliphatic carbocycles. The minimum atomic E-state index is -3.75. The molecule has 154 valence electrons. The molecule has 2 heterocycles. The molecule has 2 unspecified atom stereocenters. The average Bonchev–Trinajstić information content (AvgIpc) is 2.72. The number of rotatable bonds is 3. The summed E-state index contributed by atoms with van der Waals surface area (Å²) < 4.78 is 33.9. The Balaban J connectivity index is 1.64. The number of hydrogen-bond acceptors (Lipinski definition) is 4. The molecule has 1 saturated heterocycles. The van der Waals surface area contributed by atoms with Crippen LogP contribution in [0.15, 0.2) is 53.4 Å². The van der Waals surface area contributed by atoms with Gasteiger partial charge >= 0.3 is 0 Å². The van der Waals surface area contributed by atoms with Crippen molar-refractivity contribution >= 4 is 21.6 Å². The van der Waals surface area contributed by atoms with Crippen LogP contribution in [0.3, 0.4) is 0 Å². The zero-order valence-electron chi connectivity index (χ0n) is 16.7. The Morgan fingerprint density at radius 2 is 1.76 bits per heavy atom. The summed E-state index contributed by atoms with van der Waals surface area (Å²) in [4.78, 5) is 14.9. The number of carbonyl (C=O) groups is 1. The first kappa shape index (κ1) is 19.9. The number of amides is 1. The van der Waals surface area contributed by atoms with Crippen LogP contribution in [0.2, 0.25) is 0 Å². The number of ether oxygens (including phenoxy) is 1. The molecule has 0 bridgehead atoms. The first-order chi connectivity index (χ1) is 13.9. The smallest absolute Gasteiger partial charge is 0.264 e. The lowest BCUT2D eigenvalue weighted by molar-refractivity contribution is -0.0586. The Bertz CT molecular complexity index is 1010. The van der Waals surface area contributed by atoms with Gasteiger partial charge in [0.15, 0.2) is 0 Å². The summed E-state index contributed by atoms with van der Waals surface area (Å²) >= 11 is 0. The third-order valence-corrected chi connectivity index (χ3v) is 7.25. The van der Waals surface area contributed by atoms with Crippen molar-refractivity contribution in [2.45, 2.75) is 43.8 Å². The molecule has 4 rings (SSSR count). The third-order valence-electron chi connectivity index (χ3n) is 5.44. The molecule has 6 nitrogen and oxygen atoms in total. The molecule has 0 aromatic heterocycles. The van der Waals surface area contributed by atoms with Crippen molar-refractivity contribution in [3.05, 3.63) is 59.7 Å². The van der Waals surface area contributed by atoms with Crippen molar-refractivity contribution < 1.29 is 17.9 Å². The van der Waals surface area contributed by atoms with E-state index >= 15 is 0 Å². The van der Waals surface area contributed by atoms with Crippen molar-refractivity contribution in [2.24, 2.45) is 0 Å². The van der Waals surface area contributed by atoms with Gasteiger partial charge in [-0.05, 0) is 56.5 Å². The summed E-state index contributed by atoms with van der Waals surface area (Å²) in [5.41, 5.74) is 2.15. The Hall–Kier alpha value is -2.38. The number of sulfonamides is 1. The largest absolute Gasteiger partial charge is 0.372 e. The van der Waals surface area contributed by atoms with Crippen LogP contribution in [0.4, 0.5) is 5.69 Å². The number of fused-ring (bicyclic) bond motifs is 1. The monoisotopic (exact) mass is 414 g/mol. The Kier molecular flexibility index (Phi) is 5.36. The SMILES string of the molecule is CC1CN(C(=O)c2cccc(S(=O)(=O)N3CCCc4ccccc43)c2)CC(C)O1. The Labute approximate surface area is 172 Å². The molecule has 1 fully saturated rings. The maximum Gasteiger partial charge on any atom is 0.264 e. The average molecular weight is 415 g/mol. The van der Waals surface area contributed by atoms with E-state index in [0.29, 0.717) is 25.2 Å². The van der Waals surface area contributed by atoms with Crippen molar-refractivity contribution in [1.82, 2.24) is 4.90 Å². The summed E-state index contributed by atoms with van der Waals surface area (Å²) in [6.45, 7) is 5.31. The van der Waals surface area contributed by atoms with Crippen molar-refractivity contribution in [2.75, 3.05) is 23.9 Å². The van der Waals surface area contributed by atoms with E-state index in [-0.39, 0.29) is 23.0 Å². The van der Waals surface area contributed by atoms with Crippen molar-refractivity contribution in [3.8, 4) is 0 Å². The number of carbonyl (C=O) groups excluding carboxylic acids is 1. The molecule has 0 radical (unpaired) electrons. The maximum atomic E-state index is 13.4. The summed E-state index contributed by atoms with van der Waals surface area (Å²) in [5, 5.41) is 0. The molecular formula is C22H26N2O4S. The molecule has 2 atom stereocenters. The van der Waals surface area contributed by atoms with E-state index in [0.717, 1.165) is 24.1 Å². The highest BCUT2D eigenvalue weighted by Crippen LogP contribution is 2.32. The highest BCUT2D eigenvalue weighted by Gasteiger charge is 2.31. The predicted octanol–water partition coefficient (Wildman–Crippen LogP) is 3.08. The molecule has 2 aliphatic rings. The minimum absolute atomic E-state index is 0.0422. The minimum Gasteiger partial charge on any atom is -0.372 e. The molecular weight excluding hydrogens is 388 g/mol. The lowest BCUT2D eigenvalue weighted by atomic mass is 10.0. The quantitative estimate of drug-likeness (QED) is 0.774. The Morgan fingerprint density at radius 1 is 1.03 bits per heavy atom. The molecule has 7 heteroatoms. The van der Waals surface area contributed by atoms with Gasteiger partial charge in [0.05, 0.1) is 22.8 Å². The van der Waals surface area contributed by atoms with E-state index < -0.39 is 10.0 Å². The summed E-state index contributed by atoms with van der Waals surface area (Å²) in [7, 11) is -3.75. The Morgan fingerprint density at radius 3 is 2.52 bits per heavy atom. The second kappa shape index (κ2) is 7.80. The predicted molar refractivity (Wildman–Crippen MR) is 112 cm³/mol. The summed E-state index contributed by atoms with van der Waals surface area (Å²) in [6, 6.07) is 14.0. The van der Waals surface area contributed by atoms with Gasteiger partial charge in [-0.15, -0.1) is 0 Å². The lowest BCUT2D eigenvalue weighted by Crippen LogP contribution is -2.48. The molecule has 0 saturated carbocycles. The van der Waals surface area contributed by atoms with Crippen LogP contribution in [-0.2, 0) is 21.2 Å². The number of nitrogens with zero attached hydrogens (tertiary/aromatic N) is 2. The zero-order chi connectivity index (χ0) is 20.6. The van der Waals surface area contributed by atoms with E-state index in [9.17, 15) is 13.2 Å². The maximum absolute atomic E-state index is 13.4. The van der Waals surface area contributed by atoms with Crippen LogP contribution >= 0.6 is 0 Å². The number of anilines is 1. The fourth-order valence-corrected chi connectivity index (χ4v) is 5.78. The highest BCUT2D eigenvalue weighted by molar-refractivity contribution is 7.92. The molecule has 0 N–H and O–H groups in total. The van der Waals surface area contributed by atoms with Crippen LogP contribution in [0.1, 0.15) is 36.2 Å². The van der Waals surface area contributed by atoms with Crippen LogP contribution in [-0.4, -0.2) is 51.1 Å². The second-order valence-electron chi connectivity index (χ2n) is 7.80. The molecule has 2 aromatic rings. The molecule has 1 amide bonds. The van der Waals surface area contributed by atoms with E-state index in [1.54, 1.807) is 23.1 Å². The molecule has 2 aliphatic heterocycles. The first-order valence-corrected chi connectivity index (χ1v) is 11.5. The van der Waals surface area contributed by atoms with Crippen LogP contribution in [0, 0.1) is 0 Å². The lowest BCUT2D eigenvalue weighted by Gasteiger charge is -2.35. The number of aryl methyl sites for hydroxylation is 1. The normalized spacial score (nSPS) is 22.3. The zero-order valence-corrected chi connectivity index (χ0v) is 17.6. The number of morpholine rings is 1. The van der Waals surface area contributed by atoms with Crippen LogP contribution in [0.25, 0.3) is 0 Å². The highest BCUT2D eigenvalue weighted by atomic mass is 32.2. The van der Waals surface area contributed by atoms with Crippen molar-refractivity contribution in [1.29, 1.82) is 0 Å². The number of para-hydroxylation sites is 1. The summed E-state index contributed by atoms with van der Waals surface area (Å²) in [5.74, 6) is -0.164. The third kappa shape index (κ3) is 3.89. The van der Waals surface area contributed by atoms with Gasteiger partial charge in [-0.1, -0.05) is 24.3 Å². The van der Waals surface area contributed by atoms with Gasteiger partial charge in [0.25, 0.3) is 15.9 Å². The van der Waals surface area contributed by atoms with Gasteiger partial charge in [-0.2, -0.15) is 0 Å². The second-order valence-corrected chi connectivity index (χ2v) is 9.67. The molecule has 0 spiro atoms.